The molecular weight excluding hydrogens is 524 g/mol. The summed E-state index contributed by atoms with van der Waals surface area (Å²) in [7, 11) is 1.68. The highest BCUT2D eigenvalue weighted by Gasteiger charge is 2.25. The van der Waals surface area contributed by atoms with E-state index in [-0.39, 0.29) is 24.7 Å². The summed E-state index contributed by atoms with van der Waals surface area (Å²) in [6.07, 6.45) is 1.97. The number of amides is 2. The minimum atomic E-state index is -0.299. The van der Waals surface area contributed by atoms with E-state index in [9.17, 15) is 9.59 Å². The molecule has 0 aliphatic carbocycles. The Morgan fingerprint density at radius 1 is 0.902 bits per heavy atom. The topological polar surface area (TPSA) is 102 Å². The fourth-order valence-electron chi connectivity index (χ4n) is 5.50. The Labute approximate surface area is 239 Å². The third-order valence-corrected chi connectivity index (χ3v) is 7.69. The average molecular weight is 559 g/mol. The van der Waals surface area contributed by atoms with E-state index in [4.69, 9.17) is 18.9 Å². The van der Waals surface area contributed by atoms with Crippen LogP contribution in [-0.2, 0) is 4.74 Å². The molecule has 0 spiro atoms. The maximum Gasteiger partial charge on any atom is 0.255 e. The van der Waals surface area contributed by atoms with Gasteiger partial charge < -0.3 is 39.4 Å². The molecule has 41 heavy (non-hydrogen) atoms. The van der Waals surface area contributed by atoms with Crippen LogP contribution in [0.2, 0.25) is 0 Å². The van der Waals surface area contributed by atoms with Crippen LogP contribution in [0.3, 0.4) is 0 Å². The first kappa shape index (κ1) is 26.8. The molecule has 6 rings (SSSR count). The van der Waals surface area contributed by atoms with Crippen molar-refractivity contribution in [3.63, 3.8) is 0 Å². The minimum absolute atomic E-state index is 0.0284. The minimum Gasteiger partial charge on any atom is -0.495 e. The van der Waals surface area contributed by atoms with Crippen molar-refractivity contribution < 1.29 is 28.5 Å². The van der Waals surface area contributed by atoms with Crippen molar-refractivity contribution in [2.75, 3.05) is 68.4 Å². The number of hydrogen-bond acceptors (Lipinski definition) is 8. The molecule has 3 aromatic carbocycles. The van der Waals surface area contributed by atoms with Crippen molar-refractivity contribution in [2.24, 2.45) is 0 Å². The van der Waals surface area contributed by atoms with Gasteiger partial charge in [0.05, 0.1) is 24.5 Å². The third-order valence-electron chi connectivity index (χ3n) is 7.69. The normalized spacial score (nSPS) is 17.8. The van der Waals surface area contributed by atoms with Crippen LogP contribution in [0.25, 0.3) is 0 Å². The molecule has 2 saturated heterocycles. The molecule has 2 amide bonds. The number of nitrogens with zero attached hydrogens (tertiary/aromatic N) is 2. The van der Waals surface area contributed by atoms with E-state index >= 15 is 0 Å². The lowest BCUT2D eigenvalue weighted by atomic mass is 10.1. The lowest BCUT2D eigenvalue weighted by Gasteiger charge is -2.38. The quantitative estimate of drug-likeness (QED) is 0.429. The van der Waals surface area contributed by atoms with Gasteiger partial charge in [0.25, 0.3) is 11.8 Å². The second-order valence-electron chi connectivity index (χ2n) is 10.2. The highest BCUT2D eigenvalue weighted by molar-refractivity contribution is 6.06. The molecule has 3 aliphatic rings. The summed E-state index contributed by atoms with van der Waals surface area (Å²) in [6, 6.07) is 18.6. The summed E-state index contributed by atoms with van der Waals surface area (Å²) >= 11 is 0. The van der Waals surface area contributed by atoms with Gasteiger partial charge in [-0.2, -0.15) is 0 Å². The van der Waals surface area contributed by atoms with Gasteiger partial charge in [-0.25, -0.2) is 0 Å². The summed E-state index contributed by atoms with van der Waals surface area (Å²) in [5.74, 6) is 1.50. The van der Waals surface area contributed by atoms with E-state index in [1.54, 1.807) is 31.4 Å². The second kappa shape index (κ2) is 12.0. The van der Waals surface area contributed by atoms with Crippen molar-refractivity contribution in [2.45, 2.75) is 18.9 Å². The molecule has 3 heterocycles. The summed E-state index contributed by atoms with van der Waals surface area (Å²) < 4.78 is 22.0. The van der Waals surface area contributed by atoms with Crippen LogP contribution in [-0.4, -0.2) is 71.2 Å². The van der Waals surface area contributed by atoms with Crippen molar-refractivity contribution in [1.29, 1.82) is 0 Å². The number of carbonyl (C=O) groups is 2. The zero-order valence-corrected chi connectivity index (χ0v) is 23.1. The molecule has 2 fully saturated rings. The molecule has 0 saturated carbocycles. The average Bonchev–Trinajstić information content (AvgIpc) is 3.72. The molecule has 2 N–H and O–H groups in total. The Hall–Kier alpha value is -4.44. The summed E-state index contributed by atoms with van der Waals surface area (Å²) in [6.45, 7) is 4.33. The standard InChI is InChI=1S/C31H34N4O6/c1-38-27-7-3-2-6-26(27)35-14-12-34(13-15-35)25-10-9-22(18-24(25)31(37)32-19-23-5-4-16-39-23)33-30(36)21-8-11-28-29(17-21)41-20-40-28/h2-3,6-11,17-18,23H,4-5,12-16,19-20H2,1H3,(H,32,37)(H,33,36). The summed E-state index contributed by atoms with van der Waals surface area (Å²) in [4.78, 5) is 31.1. The first-order valence-corrected chi connectivity index (χ1v) is 14.0. The van der Waals surface area contributed by atoms with E-state index in [0.29, 0.717) is 34.9 Å². The molecule has 1 atom stereocenters. The number of hydrogen-bond donors (Lipinski definition) is 2. The molecule has 10 nitrogen and oxygen atoms in total. The Kier molecular flexibility index (Phi) is 7.82. The van der Waals surface area contributed by atoms with Gasteiger partial charge in [-0.1, -0.05) is 12.1 Å². The number of ether oxygens (including phenoxy) is 4. The van der Waals surface area contributed by atoms with Gasteiger partial charge in [-0.15, -0.1) is 0 Å². The van der Waals surface area contributed by atoms with Crippen molar-refractivity contribution in [1.82, 2.24) is 5.32 Å². The lowest BCUT2D eigenvalue weighted by molar-refractivity contribution is 0.0858. The van der Waals surface area contributed by atoms with Crippen molar-refractivity contribution >= 4 is 28.9 Å². The molecule has 3 aliphatic heterocycles. The molecule has 10 heteroatoms. The van der Waals surface area contributed by atoms with Crippen molar-refractivity contribution in [3.8, 4) is 17.2 Å². The maximum atomic E-state index is 13.5. The molecule has 0 aromatic heterocycles. The predicted octanol–water partition coefficient (Wildman–Crippen LogP) is 3.91. The van der Waals surface area contributed by atoms with Crippen molar-refractivity contribution in [3.05, 3.63) is 71.8 Å². The first-order chi connectivity index (χ1) is 20.1. The largest absolute Gasteiger partial charge is 0.495 e. The van der Waals surface area contributed by atoms with E-state index in [1.165, 1.54) is 0 Å². The maximum absolute atomic E-state index is 13.5. The van der Waals surface area contributed by atoms with E-state index < -0.39 is 0 Å². The number of fused-ring (bicyclic) bond motifs is 1. The number of methoxy groups -OCH3 is 1. The Morgan fingerprint density at radius 3 is 2.46 bits per heavy atom. The van der Waals surface area contributed by atoms with Crippen LogP contribution in [0.1, 0.15) is 33.6 Å². The van der Waals surface area contributed by atoms with Crippen LogP contribution in [0.4, 0.5) is 17.1 Å². The highest BCUT2D eigenvalue weighted by Crippen LogP contribution is 2.34. The molecule has 0 bridgehead atoms. The lowest BCUT2D eigenvalue weighted by Crippen LogP contribution is -2.47. The molecule has 3 aromatic rings. The highest BCUT2D eigenvalue weighted by atomic mass is 16.7. The van der Waals surface area contributed by atoms with Crippen LogP contribution < -0.4 is 34.6 Å². The monoisotopic (exact) mass is 558 g/mol. The Balaban J connectivity index is 1.20. The van der Waals surface area contributed by atoms with Crippen LogP contribution >= 0.6 is 0 Å². The fourth-order valence-corrected chi connectivity index (χ4v) is 5.50. The molecule has 214 valence electrons. The number of benzene rings is 3. The van der Waals surface area contributed by atoms with E-state index in [1.807, 2.05) is 30.3 Å². The number of para-hydroxylation sites is 2. The third kappa shape index (κ3) is 5.88. The van der Waals surface area contributed by atoms with Crippen LogP contribution in [0, 0.1) is 0 Å². The predicted molar refractivity (Wildman–Crippen MR) is 156 cm³/mol. The molecule has 0 radical (unpaired) electrons. The number of carbonyl (C=O) groups excluding carboxylic acids is 2. The van der Waals surface area contributed by atoms with Crippen LogP contribution in [0.15, 0.2) is 60.7 Å². The van der Waals surface area contributed by atoms with E-state index in [0.717, 1.165) is 62.8 Å². The van der Waals surface area contributed by atoms with Gasteiger partial charge in [0.1, 0.15) is 5.75 Å². The van der Waals surface area contributed by atoms with Crippen LogP contribution in [0.5, 0.6) is 17.2 Å². The summed E-state index contributed by atoms with van der Waals surface area (Å²) in [5.41, 5.74) is 3.38. The fraction of sp³-hybridized carbons (Fsp3) is 0.355. The van der Waals surface area contributed by atoms with Gasteiger partial charge >= 0.3 is 0 Å². The van der Waals surface area contributed by atoms with E-state index in [2.05, 4.69) is 26.5 Å². The number of nitrogens with one attached hydrogen (secondary N) is 2. The number of piperazine rings is 1. The Bertz CT molecular complexity index is 1420. The zero-order valence-electron chi connectivity index (χ0n) is 23.1. The van der Waals surface area contributed by atoms with Gasteiger partial charge in [-0.3, -0.25) is 9.59 Å². The first-order valence-electron chi connectivity index (χ1n) is 14.0. The van der Waals surface area contributed by atoms with Gasteiger partial charge in [0.2, 0.25) is 6.79 Å². The van der Waals surface area contributed by atoms with Gasteiger partial charge in [-0.05, 0) is 61.4 Å². The smallest absolute Gasteiger partial charge is 0.255 e. The van der Waals surface area contributed by atoms with Gasteiger partial charge in [0, 0.05) is 56.3 Å². The number of anilines is 3. The molecular formula is C31H34N4O6. The summed E-state index contributed by atoms with van der Waals surface area (Å²) in [5, 5.41) is 5.98. The number of rotatable bonds is 8. The Morgan fingerprint density at radius 2 is 1.68 bits per heavy atom. The zero-order chi connectivity index (χ0) is 28.2. The second-order valence-corrected chi connectivity index (χ2v) is 10.2. The van der Waals surface area contributed by atoms with Gasteiger partial charge in [0.15, 0.2) is 11.5 Å². The SMILES string of the molecule is COc1ccccc1N1CCN(c2ccc(NC(=O)c3ccc4c(c3)OCO4)cc2C(=O)NCC2CCCO2)CC1. The molecule has 1 unspecified atom stereocenters.